The fourth-order valence-electron chi connectivity index (χ4n) is 1.74. The number of anilines is 1. The van der Waals surface area contributed by atoms with Gasteiger partial charge in [0.15, 0.2) is 18.2 Å². The van der Waals surface area contributed by atoms with Crippen molar-refractivity contribution in [3.05, 3.63) is 29.8 Å². The maximum atomic E-state index is 13.0. The zero-order valence-corrected chi connectivity index (χ0v) is 14.7. The van der Waals surface area contributed by atoms with E-state index in [0.717, 1.165) is 18.2 Å². The van der Waals surface area contributed by atoms with E-state index in [1.165, 1.54) is 6.92 Å². The Morgan fingerprint density at radius 3 is 2.52 bits per heavy atom. The number of unbranched alkanes of at least 4 members (excludes halogenated alkanes) is 1. The fourth-order valence-corrected chi connectivity index (χ4v) is 3.16. The van der Waals surface area contributed by atoms with E-state index in [2.05, 4.69) is 10.0 Å². The smallest absolute Gasteiger partial charge is 0.324 e. The predicted molar refractivity (Wildman–Crippen MR) is 87.2 cm³/mol. The van der Waals surface area contributed by atoms with E-state index in [1.807, 2.05) is 6.92 Å². The maximum absolute atomic E-state index is 13.0. The normalized spacial score (nSPS) is 12.5. The first kappa shape index (κ1) is 21.0. The number of rotatable bonds is 9. The summed E-state index contributed by atoms with van der Waals surface area (Å²) in [6.07, 6.45) is 1.14. The third kappa shape index (κ3) is 7.57. The molecule has 140 valence electrons. The van der Waals surface area contributed by atoms with Crippen LogP contribution in [0.5, 0.6) is 0 Å². The highest BCUT2D eigenvalue weighted by molar-refractivity contribution is 7.89. The first-order valence-corrected chi connectivity index (χ1v) is 9.21. The molecule has 10 heteroatoms. The van der Waals surface area contributed by atoms with Gasteiger partial charge in [0.1, 0.15) is 6.04 Å². The minimum Gasteiger partial charge on any atom is -0.454 e. The molecule has 0 fully saturated rings. The number of hydrogen-bond donors (Lipinski definition) is 2. The van der Waals surface area contributed by atoms with Crippen molar-refractivity contribution in [1.82, 2.24) is 4.72 Å². The zero-order chi connectivity index (χ0) is 19.0. The summed E-state index contributed by atoms with van der Waals surface area (Å²) in [6.45, 7) is 2.43. The maximum Gasteiger partial charge on any atom is 0.324 e. The Kier molecular flexibility index (Phi) is 7.91. The number of hydrogen-bond acceptors (Lipinski definition) is 5. The van der Waals surface area contributed by atoms with Crippen molar-refractivity contribution in [2.24, 2.45) is 0 Å². The van der Waals surface area contributed by atoms with Gasteiger partial charge in [-0.3, -0.25) is 9.59 Å². The van der Waals surface area contributed by atoms with E-state index in [4.69, 9.17) is 4.74 Å². The predicted octanol–water partition coefficient (Wildman–Crippen LogP) is 1.55. The largest absolute Gasteiger partial charge is 0.454 e. The van der Waals surface area contributed by atoms with Gasteiger partial charge >= 0.3 is 5.97 Å². The number of sulfonamides is 1. The summed E-state index contributed by atoms with van der Waals surface area (Å²) in [5.41, 5.74) is -0.00624. The zero-order valence-electron chi connectivity index (χ0n) is 13.8. The number of esters is 1. The topological polar surface area (TPSA) is 102 Å². The molecule has 1 aromatic rings. The molecule has 0 spiro atoms. The van der Waals surface area contributed by atoms with Gasteiger partial charge < -0.3 is 10.1 Å². The van der Waals surface area contributed by atoms with Crippen molar-refractivity contribution in [3.8, 4) is 0 Å². The van der Waals surface area contributed by atoms with Crippen LogP contribution in [-0.2, 0) is 24.3 Å². The van der Waals surface area contributed by atoms with Crippen LogP contribution in [-0.4, -0.2) is 38.7 Å². The summed E-state index contributed by atoms with van der Waals surface area (Å²) < 4.78 is 56.0. The average Bonchev–Trinajstić information content (AvgIpc) is 2.53. The third-order valence-electron chi connectivity index (χ3n) is 3.03. The Balaban J connectivity index is 2.46. The number of halogens is 2. The Labute approximate surface area is 144 Å². The van der Waals surface area contributed by atoms with Crippen LogP contribution in [0.25, 0.3) is 0 Å². The van der Waals surface area contributed by atoms with Crippen LogP contribution >= 0.6 is 0 Å². The molecular formula is C15H20F2N2O5S. The lowest BCUT2D eigenvalue weighted by Gasteiger charge is -2.13. The molecule has 0 unspecified atom stereocenters. The van der Waals surface area contributed by atoms with Gasteiger partial charge in [-0.05, 0) is 25.5 Å². The van der Waals surface area contributed by atoms with Gasteiger partial charge in [0, 0.05) is 11.8 Å². The summed E-state index contributed by atoms with van der Waals surface area (Å²) >= 11 is 0. The van der Waals surface area contributed by atoms with Crippen LogP contribution in [0, 0.1) is 11.6 Å². The molecule has 1 amide bonds. The van der Waals surface area contributed by atoms with Crippen molar-refractivity contribution >= 4 is 27.6 Å². The SMILES string of the molecule is CCCCS(=O)(=O)N[C@@H](C)C(=O)OCC(=O)Nc1ccc(F)c(F)c1. The molecule has 1 atom stereocenters. The minimum absolute atomic E-state index is 0.00624. The molecule has 1 rings (SSSR count). The number of nitrogens with one attached hydrogen (secondary N) is 2. The first-order valence-electron chi connectivity index (χ1n) is 7.56. The molecule has 1 aromatic carbocycles. The molecule has 0 aromatic heterocycles. The van der Waals surface area contributed by atoms with Crippen molar-refractivity contribution in [1.29, 1.82) is 0 Å². The van der Waals surface area contributed by atoms with Gasteiger partial charge in [0.25, 0.3) is 5.91 Å². The molecule has 25 heavy (non-hydrogen) atoms. The van der Waals surface area contributed by atoms with Gasteiger partial charge in [-0.25, -0.2) is 21.9 Å². The van der Waals surface area contributed by atoms with Crippen LogP contribution in [0.2, 0.25) is 0 Å². The molecule has 2 N–H and O–H groups in total. The van der Waals surface area contributed by atoms with Gasteiger partial charge in [0.2, 0.25) is 10.0 Å². The van der Waals surface area contributed by atoms with E-state index >= 15 is 0 Å². The molecule has 0 saturated carbocycles. The van der Waals surface area contributed by atoms with Crippen molar-refractivity contribution in [3.63, 3.8) is 0 Å². The number of carbonyl (C=O) groups is 2. The fraction of sp³-hybridized carbons (Fsp3) is 0.467. The van der Waals surface area contributed by atoms with Crippen LogP contribution in [0.1, 0.15) is 26.7 Å². The molecule has 0 radical (unpaired) electrons. The van der Waals surface area contributed by atoms with E-state index in [-0.39, 0.29) is 11.4 Å². The molecule has 0 aliphatic rings. The molecule has 7 nitrogen and oxygen atoms in total. The average molecular weight is 378 g/mol. The van der Waals surface area contributed by atoms with Gasteiger partial charge in [-0.1, -0.05) is 13.3 Å². The van der Waals surface area contributed by atoms with Gasteiger partial charge in [-0.2, -0.15) is 0 Å². The van der Waals surface area contributed by atoms with Gasteiger partial charge in [-0.15, -0.1) is 0 Å². The monoisotopic (exact) mass is 378 g/mol. The lowest BCUT2D eigenvalue weighted by molar-refractivity contribution is -0.148. The first-order chi connectivity index (χ1) is 11.6. The number of carbonyl (C=O) groups excluding carboxylic acids is 2. The standard InChI is InChI=1S/C15H20F2N2O5S/c1-3-4-7-25(22,23)19-10(2)15(21)24-9-14(20)18-11-5-6-12(16)13(17)8-11/h5-6,8,10,19H,3-4,7,9H2,1-2H3,(H,18,20)/t10-/m0/s1. The summed E-state index contributed by atoms with van der Waals surface area (Å²) in [5.74, 6) is -4.02. The highest BCUT2D eigenvalue weighted by Gasteiger charge is 2.21. The summed E-state index contributed by atoms with van der Waals surface area (Å²) in [4.78, 5) is 23.3. The van der Waals surface area contributed by atoms with Crippen LogP contribution < -0.4 is 10.0 Å². The molecule has 0 aliphatic heterocycles. The summed E-state index contributed by atoms with van der Waals surface area (Å²) in [6, 6.07) is 1.60. The quantitative estimate of drug-likeness (QED) is 0.635. The second-order valence-electron chi connectivity index (χ2n) is 5.30. The number of amides is 1. The Hall–Kier alpha value is -2.07. The molecule has 0 bridgehead atoms. The minimum atomic E-state index is -3.61. The Bertz CT molecular complexity index is 725. The van der Waals surface area contributed by atoms with Crippen molar-refractivity contribution < 1.29 is 31.5 Å². The van der Waals surface area contributed by atoms with Gasteiger partial charge in [0.05, 0.1) is 5.75 Å². The highest BCUT2D eigenvalue weighted by atomic mass is 32.2. The Morgan fingerprint density at radius 1 is 1.24 bits per heavy atom. The van der Waals surface area contributed by atoms with Crippen LogP contribution in [0.3, 0.4) is 0 Å². The van der Waals surface area contributed by atoms with Crippen LogP contribution in [0.15, 0.2) is 18.2 Å². The molecule has 0 heterocycles. The molecule has 0 aliphatic carbocycles. The molecular weight excluding hydrogens is 358 g/mol. The van der Waals surface area contributed by atoms with Crippen molar-refractivity contribution in [2.75, 3.05) is 17.7 Å². The highest BCUT2D eigenvalue weighted by Crippen LogP contribution is 2.12. The number of ether oxygens (including phenoxy) is 1. The lowest BCUT2D eigenvalue weighted by atomic mass is 10.3. The summed E-state index contributed by atoms with van der Waals surface area (Å²) in [5, 5.41) is 2.22. The van der Waals surface area contributed by atoms with E-state index in [1.54, 1.807) is 0 Å². The summed E-state index contributed by atoms with van der Waals surface area (Å²) in [7, 11) is -3.61. The van der Waals surface area contributed by atoms with Crippen LogP contribution in [0.4, 0.5) is 14.5 Å². The Morgan fingerprint density at radius 2 is 1.92 bits per heavy atom. The van der Waals surface area contributed by atoms with E-state index in [9.17, 15) is 26.8 Å². The second-order valence-corrected chi connectivity index (χ2v) is 7.17. The number of benzene rings is 1. The third-order valence-corrected chi connectivity index (χ3v) is 4.56. The van der Waals surface area contributed by atoms with E-state index in [0.29, 0.717) is 12.8 Å². The lowest BCUT2D eigenvalue weighted by Crippen LogP contribution is -2.41. The van der Waals surface area contributed by atoms with E-state index < -0.39 is 46.2 Å². The van der Waals surface area contributed by atoms with Crippen molar-refractivity contribution in [2.45, 2.75) is 32.7 Å². The molecule has 0 saturated heterocycles. The second kappa shape index (κ2) is 9.42.